The number of allylic oxidation sites excluding steroid dienone is 1. The fourth-order valence-electron chi connectivity index (χ4n) is 12.3. The quantitative estimate of drug-likeness (QED) is 0.380. The number of carbonyl (C=O) groups is 2. The molecular weight excluding hydrogens is 472 g/mol. The number of fused-ring (bicyclic) bond motifs is 7. The number of carbonyl (C=O) groups excluding carboxylic acids is 2. The Bertz CT molecular complexity index is 1170. The van der Waals surface area contributed by atoms with Crippen molar-refractivity contribution in [3.05, 3.63) is 11.1 Å². The van der Waals surface area contributed by atoms with Gasteiger partial charge in [0.05, 0.1) is 34.6 Å². The van der Waals surface area contributed by atoms with Crippen molar-refractivity contribution in [2.45, 2.75) is 102 Å². The first-order chi connectivity index (χ1) is 17.3. The van der Waals surface area contributed by atoms with E-state index in [4.69, 9.17) is 14.2 Å². The summed E-state index contributed by atoms with van der Waals surface area (Å²) < 4.78 is 19.4. The summed E-state index contributed by atoms with van der Waals surface area (Å²) in [6, 6.07) is 0. The SMILES string of the molecule is CC1=C2C3OC(=O)C(C)[C@@H]3CC[C@](C)(O)C2C2C3C4C5(C12)[C@H]1OC(=O)[C@@H](C)C1CC[C@]4(C)O[C@]5(C)[C@@H]3O. The molecule has 0 aromatic rings. The molecule has 16 atom stereocenters. The van der Waals surface area contributed by atoms with E-state index in [2.05, 4.69) is 20.8 Å². The van der Waals surface area contributed by atoms with Crippen molar-refractivity contribution >= 4 is 11.9 Å². The van der Waals surface area contributed by atoms with Crippen molar-refractivity contribution in [2.24, 2.45) is 58.7 Å². The smallest absolute Gasteiger partial charge is 0.309 e. The molecule has 0 aromatic heterocycles. The van der Waals surface area contributed by atoms with Gasteiger partial charge in [-0.2, -0.15) is 0 Å². The third kappa shape index (κ3) is 2.18. The van der Waals surface area contributed by atoms with Crippen molar-refractivity contribution in [3.8, 4) is 0 Å². The van der Waals surface area contributed by atoms with Crippen molar-refractivity contribution in [1.82, 2.24) is 0 Å². The maximum atomic E-state index is 13.1. The fraction of sp³-hybridized carbons (Fsp3) is 0.867. The minimum absolute atomic E-state index is 0.00116. The second-order valence-electron chi connectivity index (χ2n) is 14.7. The number of esters is 2. The molecule has 3 heterocycles. The van der Waals surface area contributed by atoms with Gasteiger partial charge in [0.2, 0.25) is 0 Å². The highest BCUT2D eigenvalue weighted by atomic mass is 16.6. The van der Waals surface area contributed by atoms with Crippen LogP contribution in [0.4, 0.5) is 0 Å². The van der Waals surface area contributed by atoms with Crippen LogP contribution in [0, 0.1) is 58.7 Å². The van der Waals surface area contributed by atoms with E-state index >= 15 is 0 Å². The first-order valence-corrected chi connectivity index (χ1v) is 14.5. The molecular formula is C30H40O7. The lowest BCUT2D eigenvalue weighted by molar-refractivity contribution is -0.254. The number of rotatable bonds is 0. The lowest BCUT2D eigenvalue weighted by Crippen LogP contribution is -2.64. The van der Waals surface area contributed by atoms with E-state index in [1.54, 1.807) is 0 Å². The van der Waals surface area contributed by atoms with Crippen LogP contribution in [0.5, 0.6) is 0 Å². The van der Waals surface area contributed by atoms with Gasteiger partial charge in [0, 0.05) is 23.7 Å². The van der Waals surface area contributed by atoms with E-state index in [1.807, 2.05) is 20.8 Å². The standard InChI is InChI=1S/C30H40O7/c1-11-14-7-9-27(4,34)20-16(21(14)35-25(11)32)13(3)19-17(20)18-22-28(5)10-8-15-12(2)26(33)36-24(15)30(19,22)29(6,37-28)23(18)31/h11-12,14-15,17-24,31,34H,7-10H2,1-6H3/t11?,12-,14-,15?,17?,18?,19?,20?,21?,22?,23+,24-,27-,28-,29+,30?/m0/s1. The van der Waals surface area contributed by atoms with Gasteiger partial charge < -0.3 is 24.4 Å². The second-order valence-corrected chi connectivity index (χ2v) is 14.7. The number of hydrogen-bond donors (Lipinski definition) is 2. The first kappa shape index (κ1) is 23.4. The Morgan fingerprint density at radius 1 is 0.892 bits per heavy atom. The summed E-state index contributed by atoms with van der Waals surface area (Å²) in [6.07, 6.45) is 1.71. The van der Waals surface area contributed by atoms with Gasteiger partial charge in [0.1, 0.15) is 17.8 Å². The van der Waals surface area contributed by atoms with Gasteiger partial charge in [0.25, 0.3) is 0 Å². The maximum absolute atomic E-state index is 13.1. The summed E-state index contributed by atoms with van der Waals surface area (Å²) in [5.41, 5.74) is -0.528. The second kappa shape index (κ2) is 6.47. The molecule has 9 unspecified atom stereocenters. The molecule has 3 saturated heterocycles. The number of aliphatic hydroxyl groups is 2. The van der Waals surface area contributed by atoms with Crippen molar-refractivity contribution < 1.29 is 34.0 Å². The summed E-state index contributed by atoms with van der Waals surface area (Å²) in [4.78, 5) is 25.8. The van der Waals surface area contributed by atoms with Gasteiger partial charge in [-0.05, 0) is 76.7 Å². The average molecular weight is 513 g/mol. The van der Waals surface area contributed by atoms with E-state index < -0.39 is 28.3 Å². The summed E-state index contributed by atoms with van der Waals surface area (Å²) in [5, 5.41) is 24.2. The monoisotopic (exact) mass is 512 g/mol. The van der Waals surface area contributed by atoms with E-state index in [1.165, 1.54) is 5.57 Å². The van der Waals surface area contributed by atoms with Crippen LogP contribution >= 0.6 is 0 Å². The Hall–Kier alpha value is -1.44. The zero-order valence-electron chi connectivity index (χ0n) is 22.7. The number of aliphatic hydroxyl groups excluding tert-OH is 1. The molecule has 0 amide bonds. The lowest BCUT2D eigenvalue weighted by Gasteiger charge is -2.55. The van der Waals surface area contributed by atoms with Gasteiger partial charge in [-0.1, -0.05) is 19.4 Å². The topological polar surface area (TPSA) is 102 Å². The molecule has 5 aliphatic carbocycles. The molecule has 7 fully saturated rings. The van der Waals surface area contributed by atoms with E-state index in [9.17, 15) is 19.8 Å². The molecule has 202 valence electrons. The van der Waals surface area contributed by atoms with Crippen LogP contribution in [0.3, 0.4) is 0 Å². The van der Waals surface area contributed by atoms with Crippen molar-refractivity contribution in [2.75, 3.05) is 0 Å². The summed E-state index contributed by atoms with van der Waals surface area (Å²) in [7, 11) is 0. The third-order valence-corrected chi connectivity index (χ3v) is 13.5. The molecule has 0 aromatic carbocycles. The van der Waals surface area contributed by atoms with Crippen LogP contribution in [0.2, 0.25) is 0 Å². The molecule has 2 N–H and O–H groups in total. The maximum Gasteiger partial charge on any atom is 0.309 e. The minimum atomic E-state index is -0.974. The summed E-state index contributed by atoms with van der Waals surface area (Å²) in [5.74, 6) is -0.748. The van der Waals surface area contributed by atoms with E-state index in [-0.39, 0.29) is 77.4 Å². The van der Waals surface area contributed by atoms with Crippen molar-refractivity contribution in [1.29, 1.82) is 0 Å². The highest BCUT2D eigenvalue weighted by Crippen LogP contribution is 2.85. The molecule has 8 rings (SSSR count). The highest BCUT2D eigenvalue weighted by Gasteiger charge is 2.91. The Balaban J connectivity index is 1.39. The summed E-state index contributed by atoms with van der Waals surface area (Å²) in [6.45, 7) is 12.4. The molecule has 7 nitrogen and oxygen atoms in total. The molecule has 37 heavy (non-hydrogen) atoms. The Morgan fingerprint density at radius 2 is 1.54 bits per heavy atom. The van der Waals surface area contributed by atoms with E-state index in [0.717, 1.165) is 24.8 Å². The Morgan fingerprint density at radius 3 is 2.27 bits per heavy atom. The lowest BCUT2D eigenvalue weighted by atomic mass is 9.54. The molecule has 8 aliphatic rings. The van der Waals surface area contributed by atoms with E-state index in [0.29, 0.717) is 6.42 Å². The van der Waals surface area contributed by atoms with Crippen LogP contribution in [0.25, 0.3) is 0 Å². The van der Waals surface area contributed by atoms with Crippen LogP contribution in [0.15, 0.2) is 11.1 Å². The van der Waals surface area contributed by atoms with Crippen LogP contribution in [-0.4, -0.2) is 57.3 Å². The fourth-order valence-corrected chi connectivity index (χ4v) is 12.3. The zero-order valence-corrected chi connectivity index (χ0v) is 22.7. The predicted octanol–water partition coefficient (Wildman–Crippen LogP) is 3.01. The predicted molar refractivity (Wildman–Crippen MR) is 131 cm³/mol. The molecule has 0 radical (unpaired) electrons. The molecule has 0 spiro atoms. The Labute approximate surface area is 218 Å². The first-order valence-electron chi connectivity index (χ1n) is 14.5. The average Bonchev–Trinajstić information content (AvgIpc) is 3.53. The van der Waals surface area contributed by atoms with Crippen LogP contribution < -0.4 is 0 Å². The molecule has 7 heteroatoms. The van der Waals surface area contributed by atoms with Crippen LogP contribution in [0.1, 0.15) is 67.2 Å². The highest BCUT2D eigenvalue weighted by molar-refractivity contribution is 5.76. The van der Waals surface area contributed by atoms with Gasteiger partial charge in [-0.15, -0.1) is 0 Å². The van der Waals surface area contributed by atoms with Gasteiger partial charge in [-0.25, -0.2) is 0 Å². The largest absolute Gasteiger partial charge is 0.461 e. The zero-order chi connectivity index (χ0) is 26.2. The van der Waals surface area contributed by atoms with Crippen LogP contribution in [-0.2, 0) is 23.8 Å². The van der Waals surface area contributed by atoms with Gasteiger partial charge in [0.15, 0.2) is 0 Å². The molecule has 4 saturated carbocycles. The minimum Gasteiger partial charge on any atom is -0.461 e. The third-order valence-electron chi connectivity index (χ3n) is 13.5. The number of ether oxygens (including phenoxy) is 3. The number of hydrogen-bond acceptors (Lipinski definition) is 7. The van der Waals surface area contributed by atoms with Gasteiger partial charge in [-0.3, -0.25) is 9.59 Å². The van der Waals surface area contributed by atoms with Gasteiger partial charge >= 0.3 is 11.9 Å². The normalized spacial score (nSPS) is 64.5. The summed E-state index contributed by atoms with van der Waals surface area (Å²) >= 11 is 0. The molecule has 3 aliphatic heterocycles. The molecule has 5 bridgehead atoms. The van der Waals surface area contributed by atoms with Crippen molar-refractivity contribution in [3.63, 3.8) is 0 Å². The Kier molecular flexibility index (Phi) is 4.10.